The van der Waals surface area contributed by atoms with Crippen molar-refractivity contribution in [1.29, 1.82) is 0 Å². The molecule has 18 heavy (non-hydrogen) atoms. The summed E-state index contributed by atoms with van der Waals surface area (Å²) in [6.45, 7) is 1.38. The zero-order chi connectivity index (χ0) is 13.9. The van der Waals surface area contributed by atoms with E-state index in [-0.39, 0.29) is 11.4 Å². The highest BCUT2D eigenvalue weighted by Gasteiger charge is 2.23. The van der Waals surface area contributed by atoms with Gasteiger partial charge in [-0.2, -0.15) is 0 Å². The molecule has 0 fully saturated rings. The van der Waals surface area contributed by atoms with E-state index < -0.39 is 20.0 Å². The molecule has 0 aromatic heterocycles. The molecular weight excluding hydrogens is 260 g/mol. The van der Waals surface area contributed by atoms with Gasteiger partial charge in [-0.1, -0.05) is 5.16 Å². The van der Waals surface area contributed by atoms with Crippen molar-refractivity contribution in [3.63, 3.8) is 0 Å². The Morgan fingerprint density at radius 1 is 1.39 bits per heavy atom. The number of rotatable bonds is 4. The topological polar surface area (TPSA) is 110 Å². The number of non-ortho nitro benzene ring substituents is 1. The first kappa shape index (κ1) is 14.1. The van der Waals surface area contributed by atoms with Crippen LogP contribution in [0.3, 0.4) is 0 Å². The van der Waals surface area contributed by atoms with Gasteiger partial charge in [0.25, 0.3) is 5.69 Å². The third-order valence-electron chi connectivity index (χ3n) is 2.51. The minimum atomic E-state index is -3.41. The van der Waals surface area contributed by atoms with Crippen LogP contribution >= 0.6 is 0 Å². The first-order chi connectivity index (χ1) is 8.27. The third kappa shape index (κ3) is 3.04. The van der Waals surface area contributed by atoms with Gasteiger partial charge in [-0.15, -0.1) is 0 Å². The average molecular weight is 272 g/mol. The van der Waals surface area contributed by atoms with E-state index in [1.165, 1.54) is 31.2 Å². The quantitative estimate of drug-likeness (QED) is 0.383. The van der Waals surface area contributed by atoms with E-state index in [1.807, 2.05) is 0 Å². The number of nitrogens with zero attached hydrogens (tertiary/aromatic N) is 2. The van der Waals surface area contributed by atoms with Gasteiger partial charge in [-0.25, -0.2) is 8.42 Å². The van der Waals surface area contributed by atoms with Gasteiger partial charge in [0, 0.05) is 24.0 Å². The molecule has 0 aliphatic heterocycles. The Morgan fingerprint density at radius 2 is 1.89 bits per heavy atom. The van der Waals surface area contributed by atoms with Gasteiger partial charge in [0.05, 0.1) is 4.92 Å². The van der Waals surface area contributed by atoms with E-state index in [2.05, 4.69) is 5.16 Å². The molecule has 1 atom stereocenters. The van der Waals surface area contributed by atoms with Crippen LogP contribution in [0, 0.1) is 10.1 Å². The average Bonchev–Trinajstić information content (AvgIpc) is 2.29. The number of hydrogen-bond acceptors (Lipinski definition) is 6. The number of sulfone groups is 1. The molecular formula is C10H12N2O5S. The lowest BCUT2D eigenvalue weighted by atomic mass is 10.1. The van der Waals surface area contributed by atoms with Gasteiger partial charge in [0.15, 0.2) is 9.84 Å². The second kappa shape index (κ2) is 5.13. The van der Waals surface area contributed by atoms with Crippen molar-refractivity contribution < 1.29 is 18.5 Å². The highest BCUT2D eigenvalue weighted by Crippen LogP contribution is 2.16. The molecule has 8 heteroatoms. The number of nitro benzene ring substituents is 1. The summed E-state index contributed by atoms with van der Waals surface area (Å²) in [4.78, 5) is 9.90. The molecule has 0 amide bonds. The minimum Gasteiger partial charge on any atom is -0.411 e. The second-order valence-electron chi connectivity index (χ2n) is 3.76. The molecule has 0 unspecified atom stereocenters. The van der Waals surface area contributed by atoms with Crippen molar-refractivity contribution in [1.82, 2.24) is 0 Å². The van der Waals surface area contributed by atoms with Crippen LogP contribution in [0.1, 0.15) is 12.5 Å². The lowest BCUT2D eigenvalue weighted by Gasteiger charge is -2.11. The maximum Gasteiger partial charge on any atom is 0.269 e. The van der Waals surface area contributed by atoms with Gasteiger partial charge in [-0.05, 0) is 19.1 Å². The van der Waals surface area contributed by atoms with Gasteiger partial charge in [0.1, 0.15) is 11.0 Å². The Bertz CT molecular complexity index is 577. The predicted molar refractivity (Wildman–Crippen MR) is 65.7 cm³/mol. The largest absolute Gasteiger partial charge is 0.411 e. The monoisotopic (exact) mass is 272 g/mol. The second-order valence-corrected chi connectivity index (χ2v) is 6.13. The fourth-order valence-corrected chi connectivity index (χ4v) is 1.92. The normalized spacial score (nSPS) is 14.2. The van der Waals surface area contributed by atoms with Crippen molar-refractivity contribution in [2.45, 2.75) is 12.2 Å². The number of hydrogen-bond donors (Lipinski definition) is 1. The number of oxime groups is 1. The molecule has 0 saturated heterocycles. The maximum atomic E-state index is 11.4. The molecule has 1 N–H and O–H groups in total. The smallest absolute Gasteiger partial charge is 0.269 e. The van der Waals surface area contributed by atoms with Crippen molar-refractivity contribution in [2.24, 2.45) is 5.16 Å². The van der Waals surface area contributed by atoms with E-state index in [1.54, 1.807) is 0 Å². The SMILES string of the molecule is C[C@@H](/C(=N\O)c1ccc([N+](=O)[O-])cc1)S(C)(=O)=O. The molecule has 0 aliphatic rings. The lowest BCUT2D eigenvalue weighted by molar-refractivity contribution is -0.384. The van der Waals surface area contributed by atoms with Crippen LogP contribution in [0.4, 0.5) is 5.69 Å². The zero-order valence-electron chi connectivity index (χ0n) is 9.77. The molecule has 0 saturated carbocycles. The standard InChI is InChI=1S/C10H12N2O5S/c1-7(18(2,16)17)10(11-13)8-3-5-9(6-4-8)12(14)15/h3-7,13H,1-2H3/b11-10+/t7-/m0/s1. The van der Waals surface area contributed by atoms with Gasteiger partial charge < -0.3 is 5.21 Å². The molecule has 7 nitrogen and oxygen atoms in total. The molecule has 0 heterocycles. The Kier molecular flexibility index (Phi) is 4.02. The first-order valence-electron chi connectivity index (χ1n) is 4.93. The lowest BCUT2D eigenvalue weighted by Crippen LogP contribution is -2.27. The summed E-state index contributed by atoms with van der Waals surface area (Å²) < 4.78 is 22.8. The minimum absolute atomic E-state index is 0.0487. The highest BCUT2D eigenvalue weighted by molar-refractivity contribution is 7.92. The van der Waals surface area contributed by atoms with Crippen LogP contribution < -0.4 is 0 Å². The van der Waals surface area contributed by atoms with Crippen LogP contribution in [0.25, 0.3) is 0 Å². The maximum absolute atomic E-state index is 11.4. The Labute approximate surface area is 104 Å². The summed E-state index contributed by atoms with van der Waals surface area (Å²) >= 11 is 0. The van der Waals surface area contributed by atoms with Crippen LogP contribution in [0.15, 0.2) is 29.4 Å². The van der Waals surface area contributed by atoms with Crippen molar-refractivity contribution in [2.75, 3.05) is 6.26 Å². The van der Waals surface area contributed by atoms with Crippen molar-refractivity contribution in [3.8, 4) is 0 Å². The molecule has 0 aliphatic carbocycles. The predicted octanol–water partition coefficient (Wildman–Crippen LogP) is 1.21. The Hall–Kier alpha value is -1.96. The van der Waals surface area contributed by atoms with E-state index in [4.69, 9.17) is 5.21 Å². The first-order valence-corrected chi connectivity index (χ1v) is 6.88. The van der Waals surface area contributed by atoms with Crippen molar-refractivity contribution in [3.05, 3.63) is 39.9 Å². The molecule has 1 aromatic rings. The van der Waals surface area contributed by atoms with E-state index in [0.717, 1.165) is 6.26 Å². The number of benzene rings is 1. The summed E-state index contributed by atoms with van der Waals surface area (Å²) in [7, 11) is -3.41. The van der Waals surface area contributed by atoms with Crippen LogP contribution in [0.2, 0.25) is 0 Å². The fourth-order valence-electron chi connectivity index (χ4n) is 1.33. The summed E-state index contributed by atoms with van der Waals surface area (Å²) in [6.07, 6.45) is 1.02. The van der Waals surface area contributed by atoms with Crippen LogP contribution in [0.5, 0.6) is 0 Å². The van der Waals surface area contributed by atoms with Crippen molar-refractivity contribution >= 4 is 21.2 Å². The fraction of sp³-hybridized carbons (Fsp3) is 0.300. The molecule has 0 radical (unpaired) electrons. The van der Waals surface area contributed by atoms with E-state index in [0.29, 0.717) is 5.56 Å². The molecule has 0 bridgehead atoms. The third-order valence-corrected chi connectivity index (χ3v) is 4.02. The summed E-state index contributed by atoms with van der Waals surface area (Å²) in [5.41, 5.74) is 0.150. The highest BCUT2D eigenvalue weighted by atomic mass is 32.2. The Morgan fingerprint density at radius 3 is 2.22 bits per heavy atom. The van der Waals surface area contributed by atoms with Gasteiger partial charge in [0.2, 0.25) is 0 Å². The van der Waals surface area contributed by atoms with Gasteiger partial charge in [-0.3, -0.25) is 10.1 Å². The van der Waals surface area contributed by atoms with E-state index >= 15 is 0 Å². The van der Waals surface area contributed by atoms with Crippen LogP contribution in [-0.2, 0) is 9.84 Å². The Balaban J connectivity index is 3.16. The summed E-state index contributed by atoms with van der Waals surface area (Å²) in [5, 5.41) is 21.3. The number of nitro groups is 1. The summed E-state index contributed by atoms with van der Waals surface area (Å²) in [5.74, 6) is 0. The van der Waals surface area contributed by atoms with Crippen LogP contribution in [-0.4, -0.2) is 35.8 Å². The molecule has 1 rings (SSSR count). The summed E-state index contributed by atoms with van der Waals surface area (Å²) in [6, 6.07) is 5.12. The molecule has 98 valence electrons. The van der Waals surface area contributed by atoms with Gasteiger partial charge >= 0.3 is 0 Å². The molecule has 0 spiro atoms. The molecule has 1 aromatic carbocycles. The zero-order valence-corrected chi connectivity index (χ0v) is 10.6. The van der Waals surface area contributed by atoms with E-state index in [9.17, 15) is 18.5 Å².